The normalized spacial score (nSPS) is 16.2. The Morgan fingerprint density at radius 1 is 1.18 bits per heavy atom. The average Bonchev–Trinajstić information content (AvgIpc) is 2.97. The van der Waals surface area contributed by atoms with Crippen LogP contribution in [0, 0.1) is 12.7 Å². The highest BCUT2D eigenvalue weighted by molar-refractivity contribution is 5.77. The second-order valence-corrected chi connectivity index (χ2v) is 6.78. The van der Waals surface area contributed by atoms with Crippen molar-refractivity contribution in [3.05, 3.63) is 35.3 Å². The van der Waals surface area contributed by atoms with E-state index in [2.05, 4.69) is 25.9 Å². The number of aromatic nitrogens is 2. The van der Waals surface area contributed by atoms with Gasteiger partial charge in [-0.3, -0.25) is 0 Å². The molecule has 28 heavy (non-hydrogen) atoms. The topological polar surface area (TPSA) is 80.3 Å². The molecular formula is C20H24FN5O2. The number of fused-ring (bicyclic) bond motifs is 1. The van der Waals surface area contributed by atoms with E-state index in [-0.39, 0.29) is 5.82 Å². The van der Waals surface area contributed by atoms with Crippen molar-refractivity contribution < 1.29 is 13.9 Å². The van der Waals surface area contributed by atoms with Crippen molar-refractivity contribution in [1.29, 1.82) is 0 Å². The molecule has 0 radical (unpaired) electrons. The predicted octanol–water partition coefficient (Wildman–Crippen LogP) is 3.25. The first-order chi connectivity index (χ1) is 13.7. The van der Waals surface area contributed by atoms with E-state index >= 15 is 4.39 Å². The van der Waals surface area contributed by atoms with Crippen molar-refractivity contribution >= 4 is 22.9 Å². The van der Waals surface area contributed by atoms with E-state index in [1.54, 1.807) is 6.07 Å². The summed E-state index contributed by atoms with van der Waals surface area (Å²) < 4.78 is 27.0. The van der Waals surface area contributed by atoms with Crippen LogP contribution in [0.5, 0.6) is 11.6 Å². The van der Waals surface area contributed by atoms with Crippen LogP contribution in [0.25, 0.3) is 5.57 Å². The molecule has 148 valence electrons. The average molecular weight is 385 g/mol. The van der Waals surface area contributed by atoms with E-state index < -0.39 is 5.82 Å². The Labute approximate surface area is 163 Å². The minimum atomic E-state index is -0.452. The number of nitrogens with one attached hydrogen (secondary N) is 3. The Morgan fingerprint density at radius 3 is 2.89 bits per heavy atom. The number of allylic oxidation sites excluding steroid dienone is 1. The van der Waals surface area contributed by atoms with Gasteiger partial charge in [-0.1, -0.05) is 6.08 Å². The van der Waals surface area contributed by atoms with Crippen molar-refractivity contribution in [3.8, 4) is 11.6 Å². The van der Waals surface area contributed by atoms with Crippen LogP contribution < -0.4 is 25.4 Å². The molecule has 0 amide bonds. The maximum atomic E-state index is 15.6. The quantitative estimate of drug-likeness (QED) is 0.745. The maximum absolute atomic E-state index is 15.6. The number of halogens is 1. The Bertz CT molecular complexity index is 916. The zero-order valence-corrected chi connectivity index (χ0v) is 16.1. The van der Waals surface area contributed by atoms with Gasteiger partial charge in [0, 0.05) is 31.0 Å². The number of anilines is 3. The van der Waals surface area contributed by atoms with Crippen LogP contribution in [0.15, 0.2) is 18.2 Å². The minimum absolute atomic E-state index is 0.0810. The zero-order valence-electron chi connectivity index (χ0n) is 16.1. The molecule has 0 unspecified atom stereocenters. The first-order valence-electron chi connectivity index (χ1n) is 9.48. The van der Waals surface area contributed by atoms with E-state index in [1.165, 1.54) is 0 Å². The van der Waals surface area contributed by atoms with Gasteiger partial charge < -0.3 is 25.4 Å². The lowest BCUT2D eigenvalue weighted by atomic mass is 10.00. The molecule has 2 aliphatic heterocycles. The van der Waals surface area contributed by atoms with Gasteiger partial charge in [0.2, 0.25) is 0 Å². The van der Waals surface area contributed by atoms with Crippen LogP contribution in [-0.4, -0.2) is 43.3 Å². The molecule has 2 aromatic heterocycles. The molecule has 0 saturated heterocycles. The fraction of sp³-hybridized carbons (Fsp3) is 0.400. The number of ether oxygens (including phenoxy) is 2. The molecule has 4 heterocycles. The molecule has 7 nitrogen and oxygen atoms in total. The largest absolute Gasteiger partial charge is 0.484 e. The Balaban J connectivity index is 1.79. The highest BCUT2D eigenvalue weighted by atomic mass is 19.1. The molecule has 0 saturated carbocycles. The van der Waals surface area contributed by atoms with Gasteiger partial charge in [-0.15, -0.1) is 0 Å². The molecule has 0 bridgehead atoms. The molecule has 4 rings (SSSR count). The zero-order chi connectivity index (χ0) is 19.5. The molecule has 3 N–H and O–H groups in total. The van der Waals surface area contributed by atoms with Crippen LogP contribution >= 0.6 is 0 Å². The summed E-state index contributed by atoms with van der Waals surface area (Å²) in [6.07, 6.45) is 3.70. The third-order valence-corrected chi connectivity index (χ3v) is 4.73. The molecule has 2 aromatic rings. The summed E-state index contributed by atoms with van der Waals surface area (Å²) in [7, 11) is 1.83. The highest BCUT2D eigenvalue weighted by Gasteiger charge is 2.27. The molecule has 0 spiro atoms. The van der Waals surface area contributed by atoms with Gasteiger partial charge in [0.1, 0.15) is 19.0 Å². The number of rotatable bonds is 4. The predicted molar refractivity (Wildman–Crippen MR) is 107 cm³/mol. The summed E-state index contributed by atoms with van der Waals surface area (Å²) in [4.78, 5) is 8.77. The lowest BCUT2D eigenvalue weighted by molar-refractivity contribution is 0.163. The lowest BCUT2D eigenvalue weighted by Gasteiger charge is -2.23. The van der Waals surface area contributed by atoms with Gasteiger partial charge in [0.25, 0.3) is 5.88 Å². The van der Waals surface area contributed by atoms with Crippen LogP contribution in [0.2, 0.25) is 0 Å². The van der Waals surface area contributed by atoms with Crippen molar-refractivity contribution in [3.63, 3.8) is 0 Å². The summed E-state index contributed by atoms with van der Waals surface area (Å²) in [5.74, 6) is 0.833. The van der Waals surface area contributed by atoms with Crippen LogP contribution in [0.3, 0.4) is 0 Å². The number of nitrogens with zero attached hydrogens (tertiary/aromatic N) is 2. The Morgan fingerprint density at radius 2 is 2.04 bits per heavy atom. The summed E-state index contributed by atoms with van der Waals surface area (Å²) >= 11 is 0. The molecule has 0 fully saturated rings. The summed E-state index contributed by atoms with van der Waals surface area (Å²) in [6.45, 7) is 4.24. The smallest absolute Gasteiger partial charge is 0.260 e. The fourth-order valence-electron chi connectivity index (χ4n) is 3.44. The minimum Gasteiger partial charge on any atom is -0.484 e. The number of pyridine rings is 2. The van der Waals surface area contributed by atoms with E-state index in [0.29, 0.717) is 42.8 Å². The van der Waals surface area contributed by atoms with Gasteiger partial charge in [0.05, 0.1) is 5.56 Å². The van der Waals surface area contributed by atoms with Gasteiger partial charge >= 0.3 is 0 Å². The van der Waals surface area contributed by atoms with Crippen LogP contribution in [0.4, 0.5) is 21.7 Å². The van der Waals surface area contributed by atoms with Crippen molar-refractivity contribution in [2.45, 2.75) is 19.8 Å². The van der Waals surface area contributed by atoms with E-state index in [0.717, 1.165) is 36.3 Å². The maximum Gasteiger partial charge on any atom is 0.260 e. The Hall–Kier alpha value is -2.87. The van der Waals surface area contributed by atoms with Crippen LogP contribution in [-0.2, 0) is 0 Å². The third kappa shape index (κ3) is 3.73. The first kappa shape index (κ1) is 18.5. The van der Waals surface area contributed by atoms with Crippen molar-refractivity contribution in [2.24, 2.45) is 0 Å². The third-order valence-electron chi connectivity index (χ3n) is 4.73. The number of aryl methyl sites for hydroxylation is 1. The first-order valence-corrected chi connectivity index (χ1v) is 9.48. The second-order valence-electron chi connectivity index (χ2n) is 6.78. The van der Waals surface area contributed by atoms with Gasteiger partial charge in [0.15, 0.2) is 17.4 Å². The lowest BCUT2D eigenvalue weighted by Crippen LogP contribution is -2.19. The summed E-state index contributed by atoms with van der Waals surface area (Å²) in [6, 6.07) is 3.72. The van der Waals surface area contributed by atoms with Gasteiger partial charge in [-0.05, 0) is 37.9 Å². The molecule has 0 aromatic carbocycles. The standard InChI is InChI=1S/C20H24FN5O2/c1-12-10-14(22-2)11-15(24-12)25-19-17(21)16(13-4-3-6-23-7-5-13)18-20(26-19)28-9-8-27-18/h5,10-11,23H,3-4,6-9H2,1-2H3,(H2,22,24,25,26). The van der Waals surface area contributed by atoms with E-state index in [4.69, 9.17) is 9.47 Å². The Kier molecular flexibility index (Phi) is 5.29. The fourth-order valence-corrected chi connectivity index (χ4v) is 3.44. The molecule has 2 aliphatic rings. The second kappa shape index (κ2) is 8.02. The monoisotopic (exact) mass is 385 g/mol. The van der Waals surface area contributed by atoms with Crippen molar-refractivity contribution in [1.82, 2.24) is 15.3 Å². The van der Waals surface area contributed by atoms with E-state index in [1.807, 2.05) is 26.1 Å². The molecule has 0 atom stereocenters. The molecule has 8 heteroatoms. The SMILES string of the molecule is CNc1cc(C)nc(Nc2nc3c(c(C4=CCNCCC4)c2F)OCCO3)c1. The molecular weight excluding hydrogens is 361 g/mol. The molecule has 0 aliphatic carbocycles. The van der Waals surface area contributed by atoms with E-state index in [9.17, 15) is 0 Å². The number of hydrogen-bond donors (Lipinski definition) is 3. The van der Waals surface area contributed by atoms with Gasteiger partial charge in [-0.2, -0.15) is 4.98 Å². The summed E-state index contributed by atoms with van der Waals surface area (Å²) in [5, 5.41) is 9.39. The number of hydrogen-bond acceptors (Lipinski definition) is 7. The summed E-state index contributed by atoms with van der Waals surface area (Å²) in [5.41, 5.74) is 3.02. The highest BCUT2D eigenvalue weighted by Crippen LogP contribution is 2.42. The van der Waals surface area contributed by atoms with Crippen LogP contribution in [0.1, 0.15) is 24.1 Å². The van der Waals surface area contributed by atoms with Crippen molar-refractivity contribution in [2.75, 3.05) is 44.0 Å². The van der Waals surface area contributed by atoms with Gasteiger partial charge in [-0.25, -0.2) is 9.37 Å².